The van der Waals surface area contributed by atoms with Crippen LogP contribution in [0.15, 0.2) is 30.6 Å². The molecule has 1 aromatic carbocycles. The van der Waals surface area contributed by atoms with E-state index in [1.165, 1.54) is 24.5 Å². The number of nitrogens with zero attached hydrogens (tertiary/aromatic N) is 4. The molecule has 1 aliphatic heterocycles. The topological polar surface area (TPSA) is 58.6 Å². The van der Waals surface area contributed by atoms with Gasteiger partial charge in [-0.2, -0.15) is 0 Å². The van der Waals surface area contributed by atoms with E-state index in [9.17, 15) is 9.18 Å². The third-order valence-corrected chi connectivity index (χ3v) is 5.19. The van der Waals surface area contributed by atoms with Gasteiger partial charge < -0.3 is 14.5 Å². The van der Waals surface area contributed by atoms with Gasteiger partial charge in [-0.25, -0.2) is 14.4 Å². The maximum absolute atomic E-state index is 13.3. The van der Waals surface area contributed by atoms with Gasteiger partial charge >= 0.3 is 0 Å². The summed E-state index contributed by atoms with van der Waals surface area (Å²) in [5.74, 6) is 1.51. The summed E-state index contributed by atoms with van der Waals surface area (Å²) >= 11 is 5.79. The Balaban J connectivity index is 1.44. The summed E-state index contributed by atoms with van der Waals surface area (Å²) < 4.78 is 19.0. The molecule has 142 valence electrons. The first-order valence-electron chi connectivity index (χ1n) is 9.01. The number of carbonyl (C=O) groups excluding carboxylic acids is 1. The molecule has 1 atom stereocenters. The summed E-state index contributed by atoms with van der Waals surface area (Å²) in [6, 6.07) is 6.01. The van der Waals surface area contributed by atoms with Gasteiger partial charge in [0.2, 0.25) is 11.8 Å². The van der Waals surface area contributed by atoms with Crippen LogP contribution < -0.4 is 9.64 Å². The van der Waals surface area contributed by atoms with E-state index >= 15 is 0 Å². The minimum Gasteiger partial charge on any atom is -0.439 e. The Morgan fingerprint density at radius 2 is 2.07 bits per heavy atom. The summed E-state index contributed by atoms with van der Waals surface area (Å²) in [4.78, 5) is 24.9. The van der Waals surface area contributed by atoms with Crippen LogP contribution in [0.2, 0.25) is 5.02 Å². The number of ether oxygens (including phenoxy) is 1. The first-order chi connectivity index (χ1) is 13.0. The van der Waals surface area contributed by atoms with E-state index in [4.69, 9.17) is 16.3 Å². The molecule has 0 unspecified atom stereocenters. The van der Waals surface area contributed by atoms with Crippen LogP contribution in [-0.4, -0.2) is 46.5 Å². The second kappa shape index (κ2) is 7.31. The number of aromatic nitrogens is 2. The summed E-state index contributed by atoms with van der Waals surface area (Å²) in [6.45, 7) is 4.16. The highest BCUT2D eigenvalue weighted by atomic mass is 35.5. The fourth-order valence-corrected chi connectivity index (χ4v) is 3.45. The molecule has 0 spiro atoms. The Morgan fingerprint density at radius 3 is 2.78 bits per heavy atom. The van der Waals surface area contributed by atoms with Crippen molar-refractivity contribution < 1.29 is 13.9 Å². The van der Waals surface area contributed by atoms with E-state index in [1.54, 1.807) is 6.07 Å². The summed E-state index contributed by atoms with van der Waals surface area (Å²) in [5, 5.41) is -0.00736. The molecule has 0 radical (unpaired) electrons. The van der Waals surface area contributed by atoms with E-state index in [0.29, 0.717) is 31.3 Å². The lowest BCUT2D eigenvalue weighted by atomic mass is 10.1. The van der Waals surface area contributed by atoms with Crippen molar-refractivity contribution in [1.29, 1.82) is 0 Å². The van der Waals surface area contributed by atoms with Gasteiger partial charge in [0.25, 0.3) is 0 Å². The van der Waals surface area contributed by atoms with Gasteiger partial charge in [0, 0.05) is 43.7 Å². The highest BCUT2D eigenvalue weighted by Gasteiger charge is 2.37. The molecule has 2 fully saturated rings. The van der Waals surface area contributed by atoms with Crippen molar-refractivity contribution in [3.05, 3.63) is 41.4 Å². The fourth-order valence-electron chi connectivity index (χ4n) is 3.28. The molecule has 6 nitrogen and oxygen atoms in total. The predicted octanol–water partition coefficient (Wildman–Crippen LogP) is 3.51. The second-order valence-electron chi connectivity index (χ2n) is 6.99. The van der Waals surface area contributed by atoms with Crippen LogP contribution in [0.25, 0.3) is 0 Å². The zero-order valence-corrected chi connectivity index (χ0v) is 15.7. The quantitative estimate of drug-likeness (QED) is 0.799. The number of amides is 1. The van der Waals surface area contributed by atoms with Crippen LogP contribution in [0.4, 0.5) is 10.2 Å². The molecule has 1 aliphatic carbocycles. The predicted molar refractivity (Wildman–Crippen MR) is 99.6 cm³/mol. The number of piperazine rings is 1. The molecular formula is C19H20ClFN4O2. The van der Waals surface area contributed by atoms with Crippen molar-refractivity contribution in [3.63, 3.8) is 0 Å². The number of halogens is 2. The van der Waals surface area contributed by atoms with Gasteiger partial charge in [0.05, 0.1) is 5.02 Å². The smallest absolute Gasteiger partial charge is 0.226 e. The average molecular weight is 391 g/mol. The van der Waals surface area contributed by atoms with Crippen molar-refractivity contribution in [2.45, 2.75) is 25.8 Å². The van der Waals surface area contributed by atoms with Crippen molar-refractivity contribution >= 4 is 23.3 Å². The standard InChI is InChI=1S/C19H20ClFN4O2/c1-12-10-24(6-7-25(12)19(26)13-2-3-13)17-9-18(23-11-22-17)27-14-4-5-16(21)15(20)8-14/h4-5,8-9,11-13H,2-3,6-7,10H2,1H3/t12-/m1/s1. The SMILES string of the molecule is C[C@@H]1CN(c2cc(Oc3ccc(F)c(Cl)c3)ncn2)CCN1C(=O)C1CC1. The third kappa shape index (κ3) is 3.98. The second-order valence-corrected chi connectivity index (χ2v) is 7.40. The molecule has 1 amide bonds. The lowest BCUT2D eigenvalue weighted by Crippen LogP contribution is -2.54. The zero-order chi connectivity index (χ0) is 19.0. The summed E-state index contributed by atoms with van der Waals surface area (Å²) in [6.07, 6.45) is 3.47. The maximum atomic E-state index is 13.3. The largest absolute Gasteiger partial charge is 0.439 e. The molecule has 1 saturated heterocycles. The highest BCUT2D eigenvalue weighted by molar-refractivity contribution is 6.30. The van der Waals surface area contributed by atoms with Gasteiger partial charge in [-0.15, -0.1) is 0 Å². The number of benzene rings is 1. The van der Waals surface area contributed by atoms with Gasteiger partial charge in [0.15, 0.2) is 0 Å². The maximum Gasteiger partial charge on any atom is 0.226 e. The van der Waals surface area contributed by atoms with Crippen molar-refractivity contribution in [2.24, 2.45) is 5.92 Å². The molecular weight excluding hydrogens is 371 g/mol. The van der Waals surface area contributed by atoms with Crippen molar-refractivity contribution in [3.8, 4) is 11.6 Å². The van der Waals surface area contributed by atoms with E-state index in [2.05, 4.69) is 21.8 Å². The molecule has 2 aromatic rings. The van der Waals surface area contributed by atoms with Crippen molar-refractivity contribution in [1.82, 2.24) is 14.9 Å². The molecule has 2 heterocycles. The molecule has 0 N–H and O–H groups in total. The van der Waals surface area contributed by atoms with Crippen LogP contribution >= 0.6 is 11.6 Å². The Kier molecular flexibility index (Phi) is 4.86. The molecule has 27 heavy (non-hydrogen) atoms. The van der Waals surface area contributed by atoms with Gasteiger partial charge in [-0.05, 0) is 31.9 Å². The van der Waals surface area contributed by atoms with Gasteiger partial charge in [-0.1, -0.05) is 11.6 Å². The zero-order valence-electron chi connectivity index (χ0n) is 14.9. The normalized spacial score (nSPS) is 19.9. The number of rotatable bonds is 4. The summed E-state index contributed by atoms with van der Waals surface area (Å²) in [7, 11) is 0. The number of carbonyl (C=O) groups is 1. The number of anilines is 1. The van der Waals surface area contributed by atoms with Crippen LogP contribution in [0.5, 0.6) is 11.6 Å². The van der Waals surface area contributed by atoms with Crippen LogP contribution in [-0.2, 0) is 4.79 Å². The monoisotopic (exact) mass is 390 g/mol. The van der Waals surface area contributed by atoms with E-state index in [1.807, 2.05) is 4.90 Å². The Bertz CT molecular complexity index is 861. The Morgan fingerprint density at radius 1 is 1.26 bits per heavy atom. The van der Waals surface area contributed by atoms with Gasteiger partial charge in [-0.3, -0.25) is 4.79 Å². The summed E-state index contributed by atoms with van der Waals surface area (Å²) in [5.41, 5.74) is 0. The minimum absolute atomic E-state index is 0.00736. The Hall–Kier alpha value is -2.41. The first-order valence-corrected chi connectivity index (χ1v) is 9.39. The van der Waals surface area contributed by atoms with Crippen LogP contribution in [0.3, 0.4) is 0 Å². The molecule has 4 rings (SSSR count). The average Bonchev–Trinajstić information content (AvgIpc) is 3.50. The first kappa shape index (κ1) is 18.0. The molecule has 8 heteroatoms. The van der Waals surface area contributed by atoms with Crippen LogP contribution in [0.1, 0.15) is 19.8 Å². The van der Waals surface area contributed by atoms with Crippen LogP contribution in [0, 0.1) is 11.7 Å². The third-order valence-electron chi connectivity index (χ3n) is 4.90. The van der Waals surface area contributed by atoms with E-state index in [-0.39, 0.29) is 22.9 Å². The van der Waals surface area contributed by atoms with E-state index < -0.39 is 5.82 Å². The Labute approximate surface area is 161 Å². The number of hydrogen-bond acceptors (Lipinski definition) is 5. The molecule has 2 aliphatic rings. The lowest BCUT2D eigenvalue weighted by molar-refractivity contribution is -0.134. The van der Waals surface area contributed by atoms with E-state index in [0.717, 1.165) is 18.7 Å². The molecule has 1 saturated carbocycles. The fraction of sp³-hybridized carbons (Fsp3) is 0.421. The van der Waals surface area contributed by atoms with Gasteiger partial charge in [0.1, 0.15) is 23.7 Å². The molecule has 1 aromatic heterocycles. The minimum atomic E-state index is -0.500. The number of hydrogen-bond donors (Lipinski definition) is 0. The van der Waals surface area contributed by atoms with Crippen molar-refractivity contribution in [2.75, 3.05) is 24.5 Å². The lowest BCUT2D eigenvalue weighted by Gasteiger charge is -2.40. The highest BCUT2D eigenvalue weighted by Crippen LogP contribution is 2.33. The molecule has 0 bridgehead atoms.